The number of Topliss-reactive ketones (excluding diaryl/α,β-unsaturated/α-hetero) is 1. The molecule has 7 nitrogen and oxygen atoms in total. The van der Waals surface area contributed by atoms with Crippen molar-refractivity contribution in [3.63, 3.8) is 0 Å². The summed E-state index contributed by atoms with van der Waals surface area (Å²) >= 11 is 0. The average Bonchev–Trinajstić information content (AvgIpc) is 3.10. The van der Waals surface area contributed by atoms with Crippen LogP contribution in [-0.4, -0.2) is 27.8 Å². The number of hydrogen-bond donors (Lipinski definition) is 3. The zero-order valence-electron chi connectivity index (χ0n) is 16.4. The highest BCUT2D eigenvalue weighted by Crippen LogP contribution is 2.45. The van der Waals surface area contributed by atoms with Crippen molar-refractivity contribution < 1.29 is 14.6 Å². The van der Waals surface area contributed by atoms with E-state index in [1.54, 1.807) is 12.1 Å². The Labute approximate surface area is 172 Å². The Morgan fingerprint density at radius 1 is 1.10 bits per heavy atom. The third kappa shape index (κ3) is 2.74. The normalized spacial score (nSPS) is 17.9. The fourth-order valence-corrected chi connectivity index (χ4v) is 4.40. The molecule has 0 bridgehead atoms. The van der Waals surface area contributed by atoms with Crippen LogP contribution in [0.1, 0.15) is 36.3 Å². The van der Waals surface area contributed by atoms with Gasteiger partial charge in [-0.15, -0.1) is 0 Å². The van der Waals surface area contributed by atoms with E-state index in [-0.39, 0.29) is 17.1 Å². The van der Waals surface area contributed by atoms with Gasteiger partial charge in [0.05, 0.1) is 18.4 Å². The minimum Gasteiger partial charge on any atom is -0.504 e. The SMILES string of the molecule is COc1cc([C@@H]2C3=C(CCCC3=O)Nc3[nH]n(-c4ccccc4)c(=O)c32)ccc1O. The minimum atomic E-state index is -0.535. The lowest BCUT2D eigenvalue weighted by molar-refractivity contribution is -0.116. The lowest BCUT2D eigenvalue weighted by atomic mass is 9.77. The number of ketones is 1. The number of methoxy groups -OCH3 is 1. The summed E-state index contributed by atoms with van der Waals surface area (Å²) in [6.07, 6.45) is 1.97. The molecule has 7 heteroatoms. The zero-order chi connectivity index (χ0) is 20.8. The van der Waals surface area contributed by atoms with Crippen LogP contribution in [0.2, 0.25) is 0 Å². The van der Waals surface area contributed by atoms with Gasteiger partial charge in [-0.2, -0.15) is 0 Å². The molecule has 2 aromatic carbocycles. The van der Waals surface area contributed by atoms with Crippen molar-refractivity contribution in [3.8, 4) is 17.2 Å². The maximum absolute atomic E-state index is 13.5. The molecule has 0 saturated heterocycles. The zero-order valence-corrected chi connectivity index (χ0v) is 16.4. The number of phenolic OH excluding ortho intramolecular Hbond substituents is 1. The summed E-state index contributed by atoms with van der Waals surface area (Å²) in [5.41, 5.74) is 3.18. The minimum absolute atomic E-state index is 0.00958. The summed E-state index contributed by atoms with van der Waals surface area (Å²) in [4.78, 5) is 26.4. The molecule has 1 aliphatic carbocycles. The second-order valence-electron chi connectivity index (χ2n) is 7.53. The van der Waals surface area contributed by atoms with Crippen molar-refractivity contribution in [2.75, 3.05) is 12.4 Å². The van der Waals surface area contributed by atoms with E-state index < -0.39 is 5.92 Å². The van der Waals surface area contributed by atoms with Crippen LogP contribution in [0.4, 0.5) is 5.82 Å². The number of aromatic hydroxyl groups is 1. The van der Waals surface area contributed by atoms with E-state index in [9.17, 15) is 14.7 Å². The molecule has 0 spiro atoms. The predicted molar refractivity (Wildman–Crippen MR) is 112 cm³/mol. The number of H-pyrrole nitrogens is 1. The molecule has 0 saturated carbocycles. The summed E-state index contributed by atoms with van der Waals surface area (Å²) < 4.78 is 6.77. The average molecular weight is 403 g/mol. The van der Waals surface area contributed by atoms with Crippen LogP contribution in [0.15, 0.2) is 64.6 Å². The van der Waals surface area contributed by atoms with Gasteiger partial charge >= 0.3 is 0 Å². The van der Waals surface area contributed by atoms with E-state index in [0.717, 1.165) is 24.1 Å². The maximum Gasteiger partial charge on any atom is 0.277 e. The third-order valence-electron chi connectivity index (χ3n) is 5.79. The molecule has 1 atom stereocenters. The number of aromatic amines is 1. The molecule has 3 N–H and O–H groups in total. The molecule has 5 rings (SSSR count). The Morgan fingerprint density at radius 2 is 1.90 bits per heavy atom. The summed E-state index contributed by atoms with van der Waals surface area (Å²) in [5.74, 6) is 0.409. The van der Waals surface area contributed by atoms with Crippen molar-refractivity contribution in [2.45, 2.75) is 25.2 Å². The number of carbonyl (C=O) groups excluding carboxylic acids is 1. The fourth-order valence-electron chi connectivity index (χ4n) is 4.40. The van der Waals surface area contributed by atoms with Crippen LogP contribution in [0.5, 0.6) is 11.5 Å². The molecule has 1 aliphatic heterocycles. The van der Waals surface area contributed by atoms with Gasteiger partial charge in [0.25, 0.3) is 5.56 Å². The molecule has 0 amide bonds. The van der Waals surface area contributed by atoms with Crippen molar-refractivity contribution in [1.29, 1.82) is 0 Å². The number of ether oxygens (including phenoxy) is 1. The fraction of sp³-hybridized carbons (Fsp3) is 0.217. The van der Waals surface area contributed by atoms with Gasteiger partial charge in [-0.1, -0.05) is 24.3 Å². The number of anilines is 1. The first kappa shape index (κ1) is 18.3. The van der Waals surface area contributed by atoms with Crippen LogP contribution in [0, 0.1) is 0 Å². The number of phenols is 1. The predicted octanol–water partition coefficient (Wildman–Crippen LogP) is 3.44. The van der Waals surface area contributed by atoms with E-state index in [1.807, 2.05) is 30.3 Å². The molecular weight excluding hydrogens is 382 g/mol. The highest BCUT2D eigenvalue weighted by atomic mass is 16.5. The largest absolute Gasteiger partial charge is 0.504 e. The molecule has 152 valence electrons. The van der Waals surface area contributed by atoms with Crippen LogP contribution in [0.25, 0.3) is 5.69 Å². The number of carbonyl (C=O) groups is 1. The molecule has 2 aliphatic rings. The van der Waals surface area contributed by atoms with Gasteiger partial charge in [-0.25, -0.2) is 4.68 Å². The smallest absolute Gasteiger partial charge is 0.277 e. The number of aromatic nitrogens is 2. The molecule has 0 fully saturated rings. The molecule has 0 radical (unpaired) electrons. The van der Waals surface area contributed by atoms with E-state index in [1.165, 1.54) is 17.9 Å². The highest BCUT2D eigenvalue weighted by Gasteiger charge is 2.39. The first-order chi connectivity index (χ1) is 14.6. The van der Waals surface area contributed by atoms with Crippen molar-refractivity contribution >= 4 is 11.6 Å². The molecular formula is C23H21N3O4. The summed E-state index contributed by atoms with van der Waals surface area (Å²) in [6, 6.07) is 14.3. The first-order valence-electron chi connectivity index (χ1n) is 9.89. The van der Waals surface area contributed by atoms with Gasteiger partial charge in [-0.05, 0) is 42.7 Å². The second-order valence-corrected chi connectivity index (χ2v) is 7.53. The van der Waals surface area contributed by atoms with E-state index in [0.29, 0.717) is 34.8 Å². The van der Waals surface area contributed by atoms with Gasteiger partial charge in [-0.3, -0.25) is 14.7 Å². The van der Waals surface area contributed by atoms with Crippen molar-refractivity contribution in [1.82, 2.24) is 9.78 Å². The Balaban J connectivity index is 1.75. The molecule has 1 aromatic heterocycles. The Bertz CT molecular complexity index is 1240. The third-order valence-corrected chi connectivity index (χ3v) is 5.79. The van der Waals surface area contributed by atoms with E-state index >= 15 is 0 Å². The number of nitrogens with one attached hydrogen (secondary N) is 2. The summed E-state index contributed by atoms with van der Waals surface area (Å²) in [5, 5.41) is 16.5. The van der Waals surface area contributed by atoms with Gasteiger partial charge < -0.3 is 15.2 Å². The van der Waals surface area contributed by atoms with Crippen molar-refractivity contribution in [2.24, 2.45) is 0 Å². The number of benzene rings is 2. The summed E-state index contributed by atoms with van der Waals surface area (Å²) in [6.45, 7) is 0. The molecule has 2 heterocycles. The quantitative estimate of drug-likeness (QED) is 0.623. The lowest BCUT2D eigenvalue weighted by Gasteiger charge is -2.31. The Kier molecular flexibility index (Phi) is 4.24. The molecule has 30 heavy (non-hydrogen) atoms. The number of allylic oxidation sites excluding steroid dienone is 2. The number of hydrogen-bond acceptors (Lipinski definition) is 5. The Morgan fingerprint density at radius 3 is 2.67 bits per heavy atom. The Hall–Kier alpha value is -3.74. The monoisotopic (exact) mass is 403 g/mol. The molecule has 3 aromatic rings. The second kappa shape index (κ2) is 6.95. The van der Waals surface area contributed by atoms with Crippen LogP contribution < -0.4 is 15.6 Å². The maximum atomic E-state index is 13.5. The topological polar surface area (TPSA) is 96.4 Å². The summed E-state index contributed by atoms with van der Waals surface area (Å²) in [7, 11) is 1.47. The van der Waals surface area contributed by atoms with Crippen LogP contribution >= 0.6 is 0 Å². The van der Waals surface area contributed by atoms with Gasteiger partial charge in [0.2, 0.25) is 0 Å². The number of nitrogens with zero attached hydrogens (tertiary/aromatic N) is 1. The first-order valence-corrected chi connectivity index (χ1v) is 9.89. The van der Waals surface area contributed by atoms with E-state index in [2.05, 4.69) is 10.4 Å². The number of para-hydroxylation sites is 1. The van der Waals surface area contributed by atoms with Crippen LogP contribution in [-0.2, 0) is 4.79 Å². The number of rotatable bonds is 3. The van der Waals surface area contributed by atoms with Crippen LogP contribution in [0.3, 0.4) is 0 Å². The van der Waals surface area contributed by atoms with Gasteiger partial charge in [0.1, 0.15) is 5.82 Å². The van der Waals surface area contributed by atoms with Crippen molar-refractivity contribution in [3.05, 3.63) is 81.3 Å². The van der Waals surface area contributed by atoms with E-state index in [4.69, 9.17) is 4.74 Å². The standard InChI is InChI=1S/C23H21N3O4/c1-30-18-12-13(10-11-16(18)27)19-20-15(8-5-9-17(20)28)24-22-21(19)23(29)26(25-22)14-6-3-2-4-7-14/h2-4,6-7,10-12,19,24-25,27H,5,8-9H2,1H3/t19-/m1/s1. The van der Waals surface area contributed by atoms with Gasteiger partial charge in [0, 0.05) is 23.6 Å². The number of fused-ring (bicyclic) bond motifs is 1. The highest BCUT2D eigenvalue weighted by molar-refractivity contribution is 6.01. The van der Waals surface area contributed by atoms with Gasteiger partial charge in [0.15, 0.2) is 17.3 Å². The lowest BCUT2D eigenvalue weighted by Crippen LogP contribution is -2.29. The molecule has 0 unspecified atom stereocenters.